The molecule has 4 nitrogen and oxygen atoms in total. The van der Waals surface area contributed by atoms with Crippen molar-refractivity contribution < 1.29 is 4.74 Å². The van der Waals surface area contributed by atoms with E-state index in [1.54, 1.807) is 13.3 Å². The van der Waals surface area contributed by atoms with Crippen LogP contribution < -0.4 is 10.5 Å². The number of benzene rings is 1. The second-order valence-electron chi connectivity index (χ2n) is 4.06. The third-order valence-corrected chi connectivity index (χ3v) is 4.14. The molecular weight excluding hydrogens is 374 g/mol. The van der Waals surface area contributed by atoms with Crippen molar-refractivity contribution in [3.63, 3.8) is 0 Å². The molecule has 1 aromatic carbocycles. The van der Waals surface area contributed by atoms with Gasteiger partial charge in [-0.15, -0.1) is 0 Å². The summed E-state index contributed by atoms with van der Waals surface area (Å²) in [4.78, 5) is 0. The standard InChI is InChI=1S/C13H15Br2N3O/c1-3-18-13(11(19-2)7-17-18)12(16)9-5-4-8(14)6-10(9)15/h4-7,12H,3,16H2,1-2H3. The summed E-state index contributed by atoms with van der Waals surface area (Å²) in [5.41, 5.74) is 8.26. The van der Waals surface area contributed by atoms with Gasteiger partial charge >= 0.3 is 0 Å². The minimum atomic E-state index is -0.292. The molecule has 0 aliphatic carbocycles. The number of hydrogen-bond donors (Lipinski definition) is 1. The van der Waals surface area contributed by atoms with Gasteiger partial charge in [-0.3, -0.25) is 4.68 Å². The smallest absolute Gasteiger partial charge is 0.161 e. The summed E-state index contributed by atoms with van der Waals surface area (Å²) in [6.07, 6.45) is 1.70. The van der Waals surface area contributed by atoms with Crippen LogP contribution in [-0.4, -0.2) is 16.9 Å². The van der Waals surface area contributed by atoms with E-state index in [9.17, 15) is 0 Å². The Labute approximate surface area is 129 Å². The van der Waals surface area contributed by atoms with E-state index in [0.717, 1.165) is 26.7 Å². The van der Waals surface area contributed by atoms with E-state index in [4.69, 9.17) is 10.5 Å². The highest BCUT2D eigenvalue weighted by molar-refractivity contribution is 9.11. The molecule has 0 aliphatic rings. The maximum atomic E-state index is 6.38. The van der Waals surface area contributed by atoms with Gasteiger partial charge in [0.05, 0.1) is 19.3 Å². The molecule has 0 saturated carbocycles. The summed E-state index contributed by atoms with van der Waals surface area (Å²) < 4.78 is 9.17. The number of ether oxygens (including phenoxy) is 1. The lowest BCUT2D eigenvalue weighted by molar-refractivity contribution is 0.404. The van der Waals surface area contributed by atoms with Crippen LogP contribution >= 0.6 is 31.9 Å². The second-order valence-corrected chi connectivity index (χ2v) is 5.83. The predicted octanol–water partition coefficient (Wildman–Crippen LogP) is 3.48. The van der Waals surface area contributed by atoms with E-state index in [0.29, 0.717) is 5.75 Å². The summed E-state index contributed by atoms with van der Waals surface area (Å²) in [5, 5.41) is 4.29. The first-order valence-corrected chi connectivity index (χ1v) is 7.47. The Bertz CT molecular complexity index is 562. The minimum absolute atomic E-state index is 0.292. The summed E-state index contributed by atoms with van der Waals surface area (Å²) in [7, 11) is 1.63. The van der Waals surface area contributed by atoms with Gasteiger partial charge in [-0.05, 0) is 24.6 Å². The van der Waals surface area contributed by atoms with Crippen molar-refractivity contribution in [2.45, 2.75) is 19.5 Å². The van der Waals surface area contributed by atoms with Gasteiger partial charge in [-0.25, -0.2) is 0 Å². The van der Waals surface area contributed by atoms with Gasteiger partial charge in [0.15, 0.2) is 5.75 Å². The Kier molecular flexibility index (Phi) is 4.65. The van der Waals surface area contributed by atoms with E-state index in [1.807, 2.05) is 29.8 Å². The van der Waals surface area contributed by atoms with Crippen molar-refractivity contribution in [1.82, 2.24) is 9.78 Å². The highest BCUT2D eigenvalue weighted by atomic mass is 79.9. The van der Waals surface area contributed by atoms with Crippen molar-refractivity contribution in [2.24, 2.45) is 5.73 Å². The molecule has 0 saturated heterocycles. The number of nitrogens with two attached hydrogens (primary N) is 1. The van der Waals surface area contributed by atoms with Crippen LogP contribution in [0.15, 0.2) is 33.3 Å². The fourth-order valence-electron chi connectivity index (χ4n) is 2.00. The summed E-state index contributed by atoms with van der Waals surface area (Å²) in [6, 6.07) is 5.65. The van der Waals surface area contributed by atoms with Crippen LogP contribution in [0.3, 0.4) is 0 Å². The number of hydrogen-bond acceptors (Lipinski definition) is 3. The molecule has 1 aromatic heterocycles. The van der Waals surface area contributed by atoms with E-state index in [1.165, 1.54) is 0 Å². The summed E-state index contributed by atoms with van der Waals surface area (Å²) in [6.45, 7) is 2.78. The molecule has 2 rings (SSSR count). The first-order valence-electron chi connectivity index (χ1n) is 5.88. The van der Waals surface area contributed by atoms with Gasteiger partial charge in [0.1, 0.15) is 5.69 Å². The SMILES string of the molecule is CCn1ncc(OC)c1C(N)c1ccc(Br)cc1Br. The molecule has 0 radical (unpaired) electrons. The lowest BCUT2D eigenvalue weighted by atomic mass is 10.0. The fourth-order valence-corrected chi connectivity index (χ4v) is 3.30. The molecule has 0 fully saturated rings. The average molecular weight is 389 g/mol. The van der Waals surface area contributed by atoms with Gasteiger partial charge in [0.25, 0.3) is 0 Å². The zero-order valence-corrected chi connectivity index (χ0v) is 13.9. The molecule has 1 unspecified atom stereocenters. The Morgan fingerprint density at radius 3 is 2.74 bits per heavy atom. The van der Waals surface area contributed by atoms with E-state index >= 15 is 0 Å². The molecule has 2 N–H and O–H groups in total. The normalized spacial score (nSPS) is 12.5. The topological polar surface area (TPSA) is 53.1 Å². The highest BCUT2D eigenvalue weighted by Gasteiger charge is 2.21. The maximum absolute atomic E-state index is 6.38. The summed E-state index contributed by atoms with van der Waals surface area (Å²) >= 11 is 6.98. The summed E-state index contributed by atoms with van der Waals surface area (Å²) in [5.74, 6) is 0.712. The largest absolute Gasteiger partial charge is 0.493 e. The van der Waals surface area contributed by atoms with Crippen molar-refractivity contribution in [2.75, 3.05) is 7.11 Å². The molecule has 0 spiro atoms. The molecular formula is C13H15Br2N3O. The van der Waals surface area contributed by atoms with Gasteiger partial charge in [0, 0.05) is 15.5 Å². The van der Waals surface area contributed by atoms with Gasteiger partial charge in [-0.1, -0.05) is 37.9 Å². The highest BCUT2D eigenvalue weighted by Crippen LogP contribution is 2.33. The van der Waals surface area contributed by atoms with Crippen LogP contribution in [0, 0.1) is 0 Å². The molecule has 0 aliphatic heterocycles. The monoisotopic (exact) mass is 387 g/mol. The molecule has 1 heterocycles. The number of methoxy groups -OCH3 is 1. The molecule has 0 amide bonds. The Balaban J connectivity index is 2.48. The van der Waals surface area contributed by atoms with Crippen LogP contribution in [0.4, 0.5) is 0 Å². The average Bonchev–Trinajstić information content (AvgIpc) is 2.80. The van der Waals surface area contributed by atoms with Crippen LogP contribution in [-0.2, 0) is 6.54 Å². The number of aromatic nitrogens is 2. The van der Waals surface area contributed by atoms with Crippen molar-refractivity contribution in [3.05, 3.63) is 44.6 Å². The van der Waals surface area contributed by atoms with Crippen LogP contribution in [0.1, 0.15) is 24.2 Å². The zero-order valence-electron chi connectivity index (χ0n) is 10.7. The lowest BCUT2D eigenvalue weighted by Gasteiger charge is -2.17. The predicted molar refractivity (Wildman–Crippen MR) is 82.3 cm³/mol. The van der Waals surface area contributed by atoms with Crippen molar-refractivity contribution in [1.29, 1.82) is 0 Å². The van der Waals surface area contributed by atoms with Gasteiger partial charge in [-0.2, -0.15) is 5.10 Å². The van der Waals surface area contributed by atoms with E-state index in [2.05, 4.69) is 37.0 Å². The first kappa shape index (κ1) is 14.6. The number of aryl methyl sites for hydroxylation is 1. The third kappa shape index (κ3) is 2.85. The van der Waals surface area contributed by atoms with Crippen LogP contribution in [0.2, 0.25) is 0 Å². The number of halogens is 2. The molecule has 102 valence electrons. The fraction of sp³-hybridized carbons (Fsp3) is 0.308. The van der Waals surface area contributed by atoms with Gasteiger partial charge < -0.3 is 10.5 Å². The third-order valence-electron chi connectivity index (χ3n) is 2.96. The zero-order chi connectivity index (χ0) is 14.0. The second kappa shape index (κ2) is 6.07. The van der Waals surface area contributed by atoms with Crippen molar-refractivity contribution >= 4 is 31.9 Å². The number of nitrogens with zero attached hydrogens (tertiary/aromatic N) is 2. The van der Waals surface area contributed by atoms with Crippen molar-refractivity contribution in [3.8, 4) is 5.75 Å². The first-order chi connectivity index (χ1) is 9.08. The molecule has 6 heteroatoms. The Hall–Kier alpha value is -0.850. The van der Waals surface area contributed by atoms with E-state index in [-0.39, 0.29) is 6.04 Å². The molecule has 2 aromatic rings. The lowest BCUT2D eigenvalue weighted by Crippen LogP contribution is -2.18. The Morgan fingerprint density at radius 1 is 1.42 bits per heavy atom. The number of rotatable bonds is 4. The minimum Gasteiger partial charge on any atom is -0.493 e. The molecule has 19 heavy (non-hydrogen) atoms. The van der Waals surface area contributed by atoms with E-state index < -0.39 is 0 Å². The Morgan fingerprint density at radius 2 is 2.16 bits per heavy atom. The molecule has 1 atom stereocenters. The van der Waals surface area contributed by atoms with Crippen LogP contribution in [0.5, 0.6) is 5.75 Å². The quantitative estimate of drug-likeness (QED) is 0.872. The van der Waals surface area contributed by atoms with Crippen LogP contribution in [0.25, 0.3) is 0 Å². The maximum Gasteiger partial charge on any atom is 0.161 e. The van der Waals surface area contributed by atoms with Gasteiger partial charge in [0.2, 0.25) is 0 Å². The molecule has 0 bridgehead atoms.